The van der Waals surface area contributed by atoms with E-state index in [1.165, 1.54) is 0 Å². The first-order valence-corrected chi connectivity index (χ1v) is 8.60. The number of amides is 3. The Balaban J connectivity index is 2.00. The highest BCUT2D eigenvalue weighted by Gasteiger charge is 2.27. The molecular formula is C20H22N2O6. The maximum absolute atomic E-state index is 12.3. The van der Waals surface area contributed by atoms with Crippen LogP contribution < -0.4 is 10.6 Å². The van der Waals surface area contributed by atoms with Gasteiger partial charge in [0.25, 0.3) is 5.91 Å². The fourth-order valence-electron chi connectivity index (χ4n) is 2.42. The van der Waals surface area contributed by atoms with Crippen LogP contribution in [0.4, 0.5) is 4.79 Å². The molecule has 8 heteroatoms. The van der Waals surface area contributed by atoms with Crippen LogP contribution in [-0.2, 0) is 14.3 Å². The molecule has 0 fully saturated rings. The fourth-order valence-corrected chi connectivity index (χ4v) is 2.42. The van der Waals surface area contributed by atoms with Gasteiger partial charge in [0.2, 0.25) is 5.91 Å². The van der Waals surface area contributed by atoms with E-state index in [0.29, 0.717) is 0 Å². The standard InChI is InChI=1S/C20H22N2O6/c1-20(2,3)28-19(27)21-15(18(25)26)11-16(23)22-17(24)14-9-8-12-6-4-5-7-13(12)10-14/h4-10,15H,11H2,1-3H3,(H,21,27)(H,25,26)(H,22,23,24). The minimum atomic E-state index is -1.53. The van der Waals surface area contributed by atoms with Gasteiger partial charge in [0.05, 0.1) is 6.42 Å². The number of hydrogen-bond acceptors (Lipinski definition) is 5. The molecule has 148 valence electrons. The van der Waals surface area contributed by atoms with Gasteiger partial charge in [-0.05, 0) is 43.7 Å². The highest BCUT2D eigenvalue weighted by Crippen LogP contribution is 2.15. The Kier molecular flexibility index (Phi) is 6.35. The third-order valence-corrected chi connectivity index (χ3v) is 3.64. The topological polar surface area (TPSA) is 122 Å². The Hall–Kier alpha value is -3.42. The number of rotatable bonds is 5. The van der Waals surface area contributed by atoms with Gasteiger partial charge in [-0.1, -0.05) is 30.3 Å². The van der Waals surface area contributed by atoms with Crippen molar-refractivity contribution in [2.24, 2.45) is 0 Å². The van der Waals surface area contributed by atoms with Crippen molar-refractivity contribution >= 4 is 34.6 Å². The van der Waals surface area contributed by atoms with Gasteiger partial charge in [-0.2, -0.15) is 0 Å². The SMILES string of the molecule is CC(C)(C)OC(=O)NC(CC(=O)NC(=O)c1ccc2ccccc2c1)C(=O)O. The number of nitrogens with one attached hydrogen (secondary N) is 2. The summed E-state index contributed by atoms with van der Waals surface area (Å²) in [6.45, 7) is 4.87. The van der Waals surface area contributed by atoms with Gasteiger partial charge in [0.1, 0.15) is 11.6 Å². The fraction of sp³-hybridized carbons (Fsp3) is 0.300. The number of alkyl carbamates (subject to hydrolysis) is 1. The zero-order chi connectivity index (χ0) is 20.9. The average Bonchev–Trinajstić information content (AvgIpc) is 2.58. The lowest BCUT2D eigenvalue weighted by atomic mass is 10.1. The molecule has 0 bridgehead atoms. The molecular weight excluding hydrogens is 364 g/mol. The quantitative estimate of drug-likeness (QED) is 0.726. The number of benzene rings is 2. The van der Waals surface area contributed by atoms with Gasteiger partial charge in [-0.25, -0.2) is 9.59 Å². The number of carbonyl (C=O) groups excluding carboxylic acids is 3. The molecule has 0 radical (unpaired) electrons. The first kappa shape index (κ1) is 20.9. The van der Waals surface area contributed by atoms with Gasteiger partial charge >= 0.3 is 12.1 Å². The van der Waals surface area contributed by atoms with Crippen LogP contribution in [0.3, 0.4) is 0 Å². The number of imide groups is 1. The molecule has 2 rings (SSSR count). The Bertz CT molecular complexity index is 916. The van der Waals surface area contributed by atoms with Crippen molar-refractivity contribution in [1.29, 1.82) is 0 Å². The number of fused-ring (bicyclic) bond motifs is 1. The van der Waals surface area contributed by atoms with E-state index in [-0.39, 0.29) is 5.56 Å². The summed E-state index contributed by atoms with van der Waals surface area (Å²) in [4.78, 5) is 47.4. The summed E-state index contributed by atoms with van der Waals surface area (Å²) in [6.07, 6.45) is -1.58. The van der Waals surface area contributed by atoms with E-state index in [0.717, 1.165) is 10.8 Å². The molecule has 0 spiro atoms. The first-order chi connectivity index (χ1) is 13.0. The minimum absolute atomic E-state index is 0.263. The highest BCUT2D eigenvalue weighted by molar-refractivity contribution is 6.07. The van der Waals surface area contributed by atoms with Gasteiger partial charge in [-0.3, -0.25) is 14.9 Å². The Labute approximate surface area is 161 Å². The summed E-state index contributed by atoms with van der Waals surface area (Å²) in [5.74, 6) is -2.90. The van der Waals surface area contributed by atoms with Gasteiger partial charge < -0.3 is 15.2 Å². The Morgan fingerprint density at radius 2 is 1.68 bits per heavy atom. The highest BCUT2D eigenvalue weighted by atomic mass is 16.6. The van der Waals surface area contributed by atoms with E-state index in [4.69, 9.17) is 4.74 Å². The number of carbonyl (C=O) groups is 4. The second-order valence-electron chi connectivity index (χ2n) is 7.18. The van der Waals surface area contributed by atoms with E-state index in [2.05, 4.69) is 10.6 Å². The maximum atomic E-state index is 12.3. The third-order valence-electron chi connectivity index (χ3n) is 3.64. The van der Waals surface area contributed by atoms with E-state index in [1.54, 1.807) is 39.0 Å². The summed E-state index contributed by atoms with van der Waals surface area (Å²) < 4.78 is 4.98. The summed E-state index contributed by atoms with van der Waals surface area (Å²) in [5, 5.41) is 15.2. The Morgan fingerprint density at radius 3 is 2.29 bits per heavy atom. The molecule has 3 amide bonds. The average molecular weight is 386 g/mol. The molecule has 0 aliphatic rings. The molecule has 0 aromatic heterocycles. The van der Waals surface area contributed by atoms with Crippen molar-refractivity contribution in [2.75, 3.05) is 0 Å². The van der Waals surface area contributed by atoms with E-state index < -0.39 is 41.9 Å². The van der Waals surface area contributed by atoms with Crippen molar-refractivity contribution in [3.05, 3.63) is 48.0 Å². The molecule has 0 saturated heterocycles. The first-order valence-electron chi connectivity index (χ1n) is 8.60. The van der Waals surface area contributed by atoms with Crippen LogP contribution >= 0.6 is 0 Å². The number of carboxylic acids is 1. The molecule has 0 aliphatic carbocycles. The maximum Gasteiger partial charge on any atom is 0.408 e. The van der Waals surface area contributed by atoms with Gasteiger partial charge in [0, 0.05) is 5.56 Å². The normalized spacial score (nSPS) is 12.1. The van der Waals surface area contributed by atoms with E-state index in [1.807, 2.05) is 24.3 Å². The number of hydrogen-bond donors (Lipinski definition) is 3. The van der Waals surface area contributed by atoms with E-state index in [9.17, 15) is 24.3 Å². The van der Waals surface area contributed by atoms with Crippen LogP contribution in [0, 0.1) is 0 Å². The van der Waals surface area contributed by atoms with Crippen molar-refractivity contribution in [2.45, 2.75) is 38.8 Å². The zero-order valence-electron chi connectivity index (χ0n) is 15.8. The molecule has 8 nitrogen and oxygen atoms in total. The predicted octanol–water partition coefficient (Wildman–Crippen LogP) is 2.46. The van der Waals surface area contributed by atoms with Crippen molar-refractivity contribution in [3.63, 3.8) is 0 Å². The summed E-state index contributed by atoms with van der Waals surface area (Å²) >= 11 is 0. The van der Waals surface area contributed by atoms with Crippen LogP contribution in [0.5, 0.6) is 0 Å². The molecule has 3 N–H and O–H groups in total. The minimum Gasteiger partial charge on any atom is -0.480 e. The van der Waals surface area contributed by atoms with Crippen molar-refractivity contribution < 1.29 is 29.0 Å². The van der Waals surface area contributed by atoms with Crippen LogP contribution in [0.25, 0.3) is 10.8 Å². The number of ether oxygens (including phenoxy) is 1. The van der Waals surface area contributed by atoms with Gasteiger partial charge in [-0.15, -0.1) is 0 Å². The van der Waals surface area contributed by atoms with Crippen molar-refractivity contribution in [3.8, 4) is 0 Å². The monoisotopic (exact) mass is 386 g/mol. The molecule has 1 unspecified atom stereocenters. The number of aliphatic carboxylic acids is 1. The van der Waals surface area contributed by atoms with Crippen LogP contribution in [0.1, 0.15) is 37.6 Å². The summed E-state index contributed by atoms with van der Waals surface area (Å²) in [5.41, 5.74) is -0.555. The molecule has 0 aliphatic heterocycles. The molecule has 0 saturated carbocycles. The Morgan fingerprint density at radius 1 is 1.04 bits per heavy atom. The molecule has 0 heterocycles. The zero-order valence-corrected chi connectivity index (χ0v) is 15.8. The lowest BCUT2D eigenvalue weighted by Gasteiger charge is -2.21. The van der Waals surface area contributed by atoms with Crippen LogP contribution in [0.15, 0.2) is 42.5 Å². The smallest absolute Gasteiger partial charge is 0.408 e. The molecule has 1 atom stereocenters. The molecule has 2 aromatic rings. The lowest BCUT2D eigenvalue weighted by Crippen LogP contribution is -2.46. The summed E-state index contributed by atoms with van der Waals surface area (Å²) in [6, 6.07) is 10.8. The largest absolute Gasteiger partial charge is 0.480 e. The van der Waals surface area contributed by atoms with E-state index >= 15 is 0 Å². The molecule has 2 aromatic carbocycles. The van der Waals surface area contributed by atoms with Crippen LogP contribution in [0.2, 0.25) is 0 Å². The second kappa shape index (κ2) is 8.51. The summed E-state index contributed by atoms with van der Waals surface area (Å²) in [7, 11) is 0. The van der Waals surface area contributed by atoms with Crippen LogP contribution in [-0.4, -0.2) is 40.6 Å². The predicted molar refractivity (Wildman–Crippen MR) is 102 cm³/mol. The lowest BCUT2D eigenvalue weighted by molar-refractivity contribution is -0.141. The second-order valence-corrected chi connectivity index (χ2v) is 7.18. The third kappa shape index (κ3) is 6.08. The molecule has 28 heavy (non-hydrogen) atoms. The number of carboxylic acid groups (broad SMARTS) is 1. The van der Waals surface area contributed by atoms with Gasteiger partial charge in [0.15, 0.2) is 0 Å². The van der Waals surface area contributed by atoms with Crippen molar-refractivity contribution in [1.82, 2.24) is 10.6 Å².